The number of nitrogens with one attached hydrogen (secondary N) is 3. The molecule has 1 saturated heterocycles. The number of piperidine rings is 1. The molecular weight excluding hydrogens is 705 g/mol. The van der Waals surface area contributed by atoms with Crippen molar-refractivity contribution < 1.29 is 50.5 Å². The number of alkyl halides is 3. The van der Waals surface area contributed by atoms with Crippen molar-refractivity contribution in [3.05, 3.63) is 78.0 Å². The Bertz CT molecular complexity index is 2030. The van der Waals surface area contributed by atoms with Crippen LogP contribution in [0.15, 0.2) is 60.8 Å². The largest absolute Gasteiger partial charge is 0.493 e. The van der Waals surface area contributed by atoms with E-state index in [-0.39, 0.29) is 41.6 Å². The van der Waals surface area contributed by atoms with Gasteiger partial charge in [0.1, 0.15) is 17.0 Å². The number of hydrogen-bond acceptors (Lipinski definition) is 8. The first-order valence-corrected chi connectivity index (χ1v) is 16.8. The second-order valence-corrected chi connectivity index (χ2v) is 13.0. The lowest BCUT2D eigenvalue weighted by Gasteiger charge is -2.31. The first-order valence-electron chi connectivity index (χ1n) is 16.8. The summed E-state index contributed by atoms with van der Waals surface area (Å²) in [4.78, 5) is 44.3. The number of aromatic nitrogens is 1. The standard InChI is InChI=1S/C37H36F5N5O6/c1-43-33(48)19-47-13-8-21(9-14-47)20-52-32-18-28-24(17-31(32)51-2)29(7-12-44-28)53-30-6-4-23(16-27(30)39)46-35(50)36(10-11-36)34(49)45-22-3-5-26(38)25(15-22)37(40,41)42/h3-7,12,15-18,21H,8-11,13-14,19-20H2,1-2H3,(H,43,48)(H,45,49)(H,46,50). The van der Waals surface area contributed by atoms with Crippen LogP contribution in [0.1, 0.15) is 31.2 Å². The summed E-state index contributed by atoms with van der Waals surface area (Å²) in [7, 11) is 3.11. The summed E-state index contributed by atoms with van der Waals surface area (Å²) in [6.07, 6.45) is -1.52. The Morgan fingerprint density at radius 3 is 2.17 bits per heavy atom. The number of methoxy groups -OCH3 is 1. The number of benzene rings is 3. The predicted molar refractivity (Wildman–Crippen MR) is 184 cm³/mol. The van der Waals surface area contributed by atoms with Gasteiger partial charge in [0.2, 0.25) is 17.7 Å². The van der Waals surface area contributed by atoms with Gasteiger partial charge < -0.3 is 30.2 Å². The monoisotopic (exact) mass is 741 g/mol. The number of amides is 3. The molecule has 3 amide bonds. The van der Waals surface area contributed by atoms with Crippen LogP contribution >= 0.6 is 0 Å². The Morgan fingerprint density at radius 1 is 0.868 bits per heavy atom. The number of rotatable bonds is 12. The van der Waals surface area contributed by atoms with Crippen molar-refractivity contribution in [2.45, 2.75) is 31.9 Å². The fraction of sp³-hybridized carbons (Fsp3) is 0.351. The van der Waals surface area contributed by atoms with Crippen molar-refractivity contribution >= 4 is 40.0 Å². The zero-order chi connectivity index (χ0) is 37.9. The molecule has 1 saturated carbocycles. The molecule has 2 heterocycles. The quantitative estimate of drug-likeness (QED) is 0.111. The molecule has 2 aliphatic rings. The average Bonchev–Trinajstić information content (AvgIpc) is 3.95. The molecule has 1 aromatic heterocycles. The molecule has 3 N–H and O–H groups in total. The predicted octanol–water partition coefficient (Wildman–Crippen LogP) is 6.53. The molecule has 4 aromatic rings. The Balaban J connectivity index is 1.09. The minimum atomic E-state index is -4.98. The Hall–Kier alpha value is -5.51. The maximum absolute atomic E-state index is 15.3. The molecule has 11 nitrogen and oxygen atoms in total. The van der Waals surface area contributed by atoms with Gasteiger partial charge in [0.05, 0.1) is 31.3 Å². The first kappa shape index (κ1) is 37.3. The molecule has 6 rings (SSSR count). The molecule has 1 aliphatic heterocycles. The van der Waals surface area contributed by atoms with Crippen LogP contribution in [0.5, 0.6) is 23.0 Å². The molecule has 2 fully saturated rings. The Kier molecular flexibility index (Phi) is 10.7. The summed E-state index contributed by atoms with van der Waals surface area (Å²) in [6.45, 7) is 2.39. The summed E-state index contributed by atoms with van der Waals surface area (Å²) >= 11 is 0. The van der Waals surface area contributed by atoms with Gasteiger partial charge in [-0.05, 0) is 87.2 Å². The highest BCUT2D eigenvalue weighted by Crippen LogP contribution is 2.48. The fourth-order valence-electron chi connectivity index (χ4n) is 6.07. The molecule has 0 radical (unpaired) electrons. The minimum Gasteiger partial charge on any atom is -0.493 e. The molecule has 1 aliphatic carbocycles. The summed E-state index contributed by atoms with van der Waals surface area (Å²) in [5.74, 6) is -2.72. The molecular formula is C37H36F5N5O6. The van der Waals surface area contributed by atoms with E-state index in [2.05, 4.69) is 25.8 Å². The summed E-state index contributed by atoms with van der Waals surface area (Å²) in [6, 6.07) is 10.6. The van der Waals surface area contributed by atoms with Crippen molar-refractivity contribution in [1.82, 2.24) is 15.2 Å². The summed E-state index contributed by atoms with van der Waals surface area (Å²) in [5, 5.41) is 7.91. The van der Waals surface area contributed by atoms with Gasteiger partial charge in [-0.15, -0.1) is 0 Å². The minimum absolute atomic E-state index is 0.0141. The molecule has 0 atom stereocenters. The van der Waals surface area contributed by atoms with E-state index in [4.69, 9.17) is 14.2 Å². The third kappa shape index (κ3) is 8.43. The van der Waals surface area contributed by atoms with E-state index in [9.17, 15) is 31.9 Å². The van der Waals surface area contributed by atoms with E-state index in [0.29, 0.717) is 53.6 Å². The van der Waals surface area contributed by atoms with Crippen LogP contribution in [0.3, 0.4) is 0 Å². The third-order valence-corrected chi connectivity index (χ3v) is 9.37. The van der Waals surface area contributed by atoms with E-state index in [0.717, 1.165) is 38.1 Å². The highest BCUT2D eigenvalue weighted by Gasteiger charge is 2.56. The van der Waals surface area contributed by atoms with Crippen molar-refractivity contribution in [2.24, 2.45) is 11.3 Å². The van der Waals surface area contributed by atoms with Gasteiger partial charge in [-0.3, -0.25) is 24.3 Å². The van der Waals surface area contributed by atoms with Crippen molar-refractivity contribution in [3.63, 3.8) is 0 Å². The maximum Gasteiger partial charge on any atom is 0.419 e. The second-order valence-electron chi connectivity index (χ2n) is 13.0. The van der Waals surface area contributed by atoms with Gasteiger partial charge in [-0.1, -0.05) is 0 Å². The van der Waals surface area contributed by atoms with Crippen molar-refractivity contribution in [2.75, 3.05) is 51.0 Å². The number of ether oxygens (including phenoxy) is 3. The average molecular weight is 742 g/mol. The van der Waals surface area contributed by atoms with Crippen LogP contribution in [0.25, 0.3) is 10.9 Å². The molecule has 0 spiro atoms. The van der Waals surface area contributed by atoms with Crippen molar-refractivity contribution in [3.8, 4) is 23.0 Å². The van der Waals surface area contributed by atoms with Crippen molar-refractivity contribution in [1.29, 1.82) is 0 Å². The van der Waals surface area contributed by atoms with E-state index in [1.54, 1.807) is 25.2 Å². The number of carbonyl (C=O) groups excluding carboxylic acids is 3. The number of hydrogen-bond donors (Lipinski definition) is 3. The topological polar surface area (TPSA) is 131 Å². The number of likely N-dealkylation sites (tertiary alicyclic amines) is 1. The lowest BCUT2D eigenvalue weighted by molar-refractivity contribution is -0.140. The zero-order valence-electron chi connectivity index (χ0n) is 28.7. The lowest BCUT2D eigenvalue weighted by atomic mass is 9.98. The third-order valence-electron chi connectivity index (χ3n) is 9.37. The molecule has 3 aromatic carbocycles. The van der Waals surface area contributed by atoms with Gasteiger partial charge in [-0.25, -0.2) is 8.78 Å². The summed E-state index contributed by atoms with van der Waals surface area (Å²) in [5.41, 5.74) is -2.96. The highest BCUT2D eigenvalue weighted by atomic mass is 19.4. The number of carbonyl (C=O) groups is 3. The van der Waals surface area contributed by atoms with Gasteiger partial charge in [-0.2, -0.15) is 13.2 Å². The molecule has 16 heteroatoms. The van der Waals surface area contributed by atoms with Gasteiger partial charge >= 0.3 is 6.18 Å². The van der Waals surface area contributed by atoms with Gasteiger partial charge in [0.25, 0.3) is 0 Å². The van der Waals surface area contributed by atoms with E-state index in [1.807, 2.05) is 0 Å². The van der Waals surface area contributed by atoms with Crippen LogP contribution < -0.4 is 30.2 Å². The van der Waals surface area contributed by atoms with Crippen LogP contribution in [-0.4, -0.2) is 68.0 Å². The number of halogens is 5. The van der Waals surface area contributed by atoms with Crippen LogP contribution in [0.2, 0.25) is 0 Å². The maximum atomic E-state index is 15.3. The SMILES string of the molecule is CNC(=O)CN1CCC(COc2cc3nccc(Oc4ccc(NC(=O)C5(C(=O)Nc6ccc(F)c(C(F)(F)F)c6)CC5)cc4F)c3cc2OC)CC1. The molecule has 53 heavy (non-hydrogen) atoms. The normalized spacial score (nSPS) is 15.8. The van der Waals surface area contributed by atoms with Crippen LogP contribution in [0, 0.1) is 23.0 Å². The van der Waals surface area contributed by atoms with Gasteiger partial charge in [0, 0.05) is 42.1 Å². The van der Waals surface area contributed by atoms with E-state index >= 15 is 4.39 Å². The Labute approximate surface area is 300 Å². The Morgan fingerprint density at radius 2 is 1.55 bits per heavy atom. The van der Waals surface area contributed by atoms with Gasteiger partial charge in [0.15, 0.2) is 23.1 Å². The lowest BCUT2D eigenvalue weighted by Crippen LogP contribution is -2.41. The summed E-state index contributed by atoms with van der Waals surface area (Å²) < 4.78 is 86.0. The number of likely N-dealkylation sites (N-methyl/N-ethyl adjacent to an activating group) is 1. The zero-order valence-corrected chi connectivity index (χ0v) is 28.7. The molecule has 280 valence electrons. The number of nitrogens with zero attached hydrogens (tertiary/aromatic N) is 2. The molecule has 0 bridgehead atoms. The highest BCUT2D eigenvalue weighted by molar-refractivity contribution is 6.17. The number of fused-ring (bicyclic) bond motifs is 1. The van der Waals surface area contributed by atoms with Crippen LogP contribution in [-0.2, 0) is 20.6 Å². The van der Waals surface area contributed by atoms with Crippen LogP contribution in [0.4, 0.5) is 33.3 Å². The second kappa shape index (κ2) is 15.2. The number of pyridine rings is 1. The van der Waals surface area contributed by atoms with E-state index < -0.39 is 40.6 Å². The number of anilines is 2. The van der Waals surface area contributed by atoms with E-state index in [1.165, 1.54) is 25.4 Å². The fourth-order valence-corrected chi connectivity index (χ4v) is 6.07. The first-order chi connectivity index (χ1) is 25.3. The smallest absolute Gasteiger partial charge is 0.419 e. The molecule has 0 unspecified atom stereocenters.